The molecule has 0 radical (unpaired) electrons. The number of amides is 1. The van der Waals surface area contributed by atoms with Crippen molar-refractivity contribution in [3.8, 4) is 0 Å². The summed E-state index contributed by atoms with van der Waals surface area (Å²) in [4.78, 5) is 38.8. The van der Waals surface area contributed by atoms with Gasteiger partial charge in [-0.05, 0) is 26.0 Å². The molecule has 1 amide bonds. The Hall–Kier alpha value is -2.45. The number of carbonyl (C=O) groups is 1. The summed E-state index contributed by atoms with van der Waals surface area (Å²) in [5, 5.41) is 5.89. The summed E-state index contributed by atoms with van der Waals surface area (Å²) in [6, 6.07) is 6.56. The van der Waals surface area contributed by atoms with Crippen LogP contribution in [-0.2, 0) is 16.1 Å². The second-order valence-corrected chi connectivity index (χ2v) is 6.74. The average molecular weight is 360 g/mol. The number of fused-ring (bicyclic) bond motifs is 1. The Morgan fingerprint density at radius 3 is 2.54 bits per heavy atom. The molecule has 26 heavy (non-hydrogen) atoms. The van der Waals surface area contributed by atoms with Crippen LogP contribution >= 0.6 is 0 Å². The third-order valence-electron chi connectivity index (χ3n) is 4.43. The SMILES string of the molecule is C[C@H]1CN(CCNC(=O)Cn2[nH]c(=O)c3ccccc3c2=O)C[C@H](C)O1. The molecule has 1 aliphatic rings. The van der Waals surface area contributed by atoms with Crippen molar-refractivity contribution in [2.24, 2.45) is 0 Å². The predicted molar refractivity (Wildman–Crippen MR) is 98.3 cm³/mol. The molecule has 0 bridgehead atoms. The molecule has 140 valence electrons. The Labute approximate surface area is 150 Å². The Morgan fingerprint density at radius 1 is 1.19 bits per heavy atom. The van der Waals surface area contributed by atoms with E-state index in [1.54, 1.807) is 24.3 Å². The minimum Gasteiger partial charge on any atom is -0.373 e. The van der Waals surface area contributed by atoms with Gasteiger partial charge < -0.3 is 10.1 Å². The normalized spacial score (nSPS) is 21.0. The standard InChI is InChI=1S/C18H24N4O4/c1-12-9-21(10-13(2)26-12)8-7-19-16(23)11-22-18(25)15-6-4-3-5-14(15)17(24)20-22/h3-6,12-13H,7-11H2,1-2H3,(H,19,23)(H,20,24)/t12-,13-/m0/s1. The van der Waals surface area contributed by atoms with Crippen LogP contribution in [0.2, 0.25) is 0 Å². The van der Waals surface area contributed by atoms with Gasteiger partial charge in [0.15, 0.2) is 0 Å². The van der Waals surface area contributed by atoms with Crippen molar-refractivity contribution < 1.29 is 9.53 Å². The lowest BCUT2D eigenvalue weighted by atomic mass is 10.2. The summed E-state index contributed by atoms with van der Waals surface area (Å²) in [5.41, 5.74) is -0.768. The molecule has 1 fully saturated rings. The van der Waals surface area contributed by atoms with E-state index in [1.807, 2.05) is 13.8 Å². The molecule has 3 rings (SSSR count). The lowest BCUT2D eigenvalue weighted by molar-refractivity contribution is -0.122. The van der Waals surface area contributed by atoms with E-state index in [0.717, 1.165) is 17.8 Å². The lowest BCUT2D eigenvalue weighted by Gasteiger charge is -2.35. The molecular weight excluding hydrogens is 336 g/mol. The number of rotatable bonds is 5. The van der Waals surface area contributed by atoms with Crippen LogP contribution < -0.4 is 16.4 Å². The van der Waals surface area contributed by atoms with E-state index in [4.69, 9.17) is 4.74 Å². The van der Waals surface area contributed by atoms with Gasteiger partial charge in [-0.1, -0.05) is 12.1 Å². The van der Waals surface area contributed by atoms with Crippen molar-refractivity contribution in [3.05, 3.63) is 45.0 Å². The molecule has 2 aromatic rings. The molecule has 0 spiro atoms. The Balaban J connectivity index is 1.59. The average Bonchev–Trinajstić information content (AvgIpc) is 2.58. The van der Waals surface area contributed by atoms with E-state index in [9.17, 15) is 14.4 Å². The van der Waals surface area contributed by atoms with Gasteiger partial charge in [0, 0.05) is 26.2 Å². The molecule has 0 unspecified atom stereocenters. The second kappa shape index (κ2) is 7.84. The van der Waals surface area contributed by atoms with Gasteiger partial charge in [0.1, 0.15) is 6.54 Å². The van der Waals surface area contributed by atoms with Crippen LogP contribution in [0.15, 0.2) is 33.9 Å². The number of ether oxygens (including phenoxy) is 1. The molecule has 2 atom stereocenters. The molecule has 0 aliphatic carbocycles. The van der Waals surface area contributed by atoms with Gasteiger partial charge in [-0.2, -0.15) is 0 Å². The Kier molecular flexibility index (Phi) is 5.53. The molecule has 1 aromatic carbocycles. The van der Waals surface area contributed by atoms with E-state index in [0.29, 0.717) is 23.9 Å². The van der Waals surface area contributed by atoms with Gasteiger partial charge in [0.2, 0.25) is 5.91 Å². The fourth-order valence-electron chi connectivity index (χ4n) is 3.38. The molecular formula is C18H24N4O4. The lowest BCUT2D eigenvalue weighted by Crippen LogP contribution is -2.48. The van der Waals surface area contributed by atoms with Crippen LogP contribution in [0, 0.1) is 0 Å². The van der Waals surface area contributed by atoms with Crippen LogP contribution in [0.25, 0.3) is 10.8 Å². The molecule has 2 N–H and O–H groups in total. The third-order valence-corrected chi connectivity index (χ3v) is 4.43. The molecule has 1 aliphatic heterocycles. The van der Waals surface area contributed by atoms with E-state index < -0.39 is 0 Å². The van der Waals surface area contributed by atoms with Crippen LogP contribution in [0.5, 0.6) is 0 Å². The van der Waals surface area contributed by atoms with Crippen molar-refractivity contribution in [1.82, 2.24) is 20.0 Å². The maximum atomic E-state index is 12.4. The minimum atomic E-state index is -0.385. The first kappa shape index (κ1) is 18.3. The number of aromatic amines is 1. The first-order chi connectivity index (χ1) is 12.4. The van der Waals surface area contributed by atoms with Gasteiger partial charge in [0.05, 0.1) is 23.0 Å². The molecule has 8 nitrogen and oxygen atoms in total. The number of benzene rings is 1. The van der Waals surface area contributed by atoms with Gasteiger partial charge >= 0.3 is 0 Å². The van der Waals surface area contributed by atoms with Crippen LogP contribution in [-0.4, -0.2) is 59.0 Å². The van der Waals surface area contributed by atoms with Gasteiger partial charge in [-0.3, -0.25) is 24.4 Å². The smallest absolute Gasteiger partial charge is 0.273 e. The number of nitrogens with one attached hydrogen (secondary N) is 2. The summed E-state index contributed by atoms with van der Waals surface area (Å²) in [5.74, 6) is -0.313. The highest BCUT2D eigenvalue weighted by Gasteiger charge is 2.21. The zero-order valence-corrected chi connectivity index (χ0v) is 15.0. The summed E-state index contributed by atoms with van der Waals surface area (Å²) in [6.45, 7) is 6.70. The van der Waals surface area contributed by atoms with E-state index in [2.05, 4.69) is 15.3 Å². The highest BCUT2D eigenvalue weighted by molar-refractivity contribution is 5.81. The zero-order chi connectivity index (χ0) is 18.7. The largest absolute Gasteiger partial charge is 0.373 e. The molecule has 2 heterocycles. The number of aromatic nitrogens is 2. The Morgan fingerprint density at radius 2 is 1.85 bits per heavy atom. The number of morpholine rings is 1. The first-order valence-corrected chi connectivity index (χ1v) is 8.80. The molecule has 8 heteroatoms. The van der Waals surface area contributed by atoms with Crippen LogP contribution in [0.3, 0.4) is 0 Å². The zero-order valence-electron chi connectivity index (χ0n) is 15.0. The van der Waals surface area contributed by atoms with Crippen molar-refractivity contribution in [2.75, 3.05) is 26.2 Å². The van der Waals surface area contributed by atoms with Crippen LogP contribution in [0.4, 0.5) is 0 Å². The topological polar surface area (TPSA) is 96.4 Å². The summed E-state index contributed by atoms with van der Waals surface area (Å²) in [6.07, 6.45) is 0.353. The van der Waals surface area contributed by atoms with Crippen molar-refractivity contribution in [2.45, 2.75) is 32.6 Å². The highest BCUT2D eigenvalue weighted by Crippen LogP contribution is 2.09. The maximum Gasteiger partial charge on any atom is 0.273 e. The first-order valence-electron chi connectivity index (χ1n) is 8.80. The highest BCUT2D eigenvalue weighted by atomic mass is 16.5. The second-order valence-electron chi connectivity index (χ2n) is 6.74. The number of hydrogen-bond donors (Lipinski definition) is 2. The quantitative estimate of drug-likeness (QED) is 0.777. The number of hydrogen-bond acceptors (Lipinski definition) is 5. The van der Waals surface area contributed by atoms with E-state index in [-0.39, 0.29) is 35.8 Å². The van der Waals surface area contributed by atoms with Gasteiger partial charge in [-0.15, -0.1) is 0 Å². The maximum absolute atomic E-state index is 12.4. The number of nitrogens with zero attached hydrogens (tertiary/aromatic N) is 2. The Bertz CT molecular complexity index is 894. The fourth-order valence-corrected chi connectivity index (χ4v) is 3.38. The van der Waals surface area contributed by atoms with E-state index >= 15 is 0 Å². The van der Waals surface area contributed by atoms with Crippen molar-refractivity contribution in [3.63, 3.8) is 0 Å². The van der Waals surface area contributed by atoms with Crippen LogP contribution in [0.1, 0.15) is 13.8 Å². The van der Waals surface area contributed by atoms with Crippen molar-refractivity contribution >= 4 is 16.7 Å². The molecule has 1 saturated heterocycles. The monoisotopic (exact) mass is 360 g/mol. The summed E-state index contributed by atoms with van der Waals surface area (Å²) < 4.78 is 6.74. The fraction of sp³-hybridized carbons (Fsp3) is 0.500. The van der Waals surface area contributed by atoms with Crippen molar-refractivity contribution in [1.29, 1.82) is 0 Å². The van der Waals surface area contributed by atoms with Gasteiger partial charge in [-0.25, -0.2) is 4.68 Å². The summed E-state index contributed by atoms with van der Waals surface area (Å²) in [7, 11) is 0. The minimum absolute atomic E-state index is 0.177. The molecule has 1 aromatic heterocycles. The van der Waals surface area contributed by atoms with Gasteiger partial charge in [0.25, 0.3) is 11.1 Å². The predicted octanol–water partition coefficient (Wildman–Crippen LogP) is -0.0848. The summed E-state index contributed by atoms with van der Waals surface area (Å²) >= 11 is 0. The number of carbonyl (C=O) groups excluding carboxylic acids is 1. The number of H-pyrrole nitrogens is 1. The third kappa shape index (κ3) is 4.20. The van der Waals surface area contributed by atoms with E-state index in [1.165, 1.54) is 0 Å². The molecule has 0 saturated carbocycles.